The van der Waals surface area contributed by atoms with Crippen LogP contribution in [-0.2, 0) is 0 Å². The molecular weight excluding hydrogens is 314 g/mol. The molecule has 0 amide bonds. The molecule has 1 aliphatic rings. The monoisotopic (exact) mass is 333 g/mol. The van der Waals surface area contributed by atoms with Crippen LogP contribution >= 0.6 is 15.9 Å². The van der Waals surface area contributed by atoms with Crippen molar-refractivity contribution in [1.29, 1.82) is 0 Å². The molecule has 1 saturated carbocycles. The molecule has 3 rings (SSSR count). The quantitative estimate of drug-likeness (QED) is 0.845. The molecule has 1 aromatic carbocycles. The molecule has 20 heavy (non-hydrogen) atoms. The smallest absolute Gasteiger partial charge is 0.153 e. The largest absolute Gasteiger partial charge is 0.382 e. The average Bonchev–Trinajstić information content (AvgIpc) is 2.65. The van der Waals surface area contributed by atoms with Gasteiger partial charge in [0, 0.05) is 27.2 Å². The molecule has 1 fully saturated rings. The zero-order valence-corrected chi connectivity index (χ0v) is 13.9. The zero-order valence-electron chi connectivity index (χ0n) is 12.3. The molecule has 0 aliphatic heterocycles. The number of halogens is 1. The Bertz CT molecular complexity index is 656. The number of H-pyrrole nitrogens is 1. The first kappa shape index (κ1) is 13.7. The summed E-state index contributed by atoms with van der Waals surface area (Å²) in [6, 6.07) is 8.15. The Labute approximate surface area is 128 Å². The first-order chi connectivity index (χ1) is 9.28. The van der Waals surface area contributed by atoms with Crippen molar-refractivity contribution in [3.63, 3.8) is 0 Å². The zero-order chi connectivity index (χ0) is 14.7. The highest BCUT2D eigenvalue weighted by Crippen LogP contribution is 2.74. The summed E-state index contributed by atoms with van der Waals surface area (Å²) < 4.78 is 1.05. The molecule has 4 heteroatoms. The molecule has 3 N–H and O–H groups in total. The molecule has 0 spiro atoms. The molecule has 0 unspecified atom stereocenters. The van der Waals surface area contributed by atoms with Crippen LogP contribution in [0.2, 0.25) is 0 Å². The Morgan fingerprint density at radius 2 is 1.75 bits per heavy atom. The van der Waals surface area contributed by atoms with E-state index in [4.69, 9.17) is 5.73 Å². The fourth-order valence-corrected chi connectivity index (χ4v) is 3.93. The number of hydrogen-bond acceptors (Lipinski definition) is 2. The SMILES string of the molecule is CC1(C)C(c2[nH]nc(N)c2-c2ccccc2Br)C1(C)C. The van der Waals surface area contributed by atoms with Gasteiger partial charge < -0.3 is 5.73 Å². The number of rotatable bonds is 2. The molecule has 1 aliphatic carbocycles. The van der Waals surface area contributed by atoms with Crippen molar-refractivity contribution in [1.82, 2.24) is 10.2 Å². The highest BCUT2D eigenvalue weighted by atomic mass is 79.9. The number of aromatic amines is 1. The summed E-state index contributed by atoms with van der Waals surface area (Å²) in [5, 5.41) is 7.44. The minimum Gasteiger partial charge on any atom is -0.382 e. The number of hydrogen-bond donors (Lipinski definition) is 2. The lowest BCUT2D eigenvalue weighted by molar-refractivity contribution is 0.457. The third-order valence-electron chi connectivity index (χ3n) is 5.27. The molecule has 0 bridgehead atoms. The van der Waals surface area contributed by atoms with E-state index >= 15 is 0 Å². The molecule has 1 aromatic heterocycles. The van der Waals surface area contributed by atoms with Gasteiger partial charge in [-0.15, -0.1) is 0 Å². The van der Waals surface area contributed by atoms with Crippen molar-refractivity contribution in [2.24, 2.45) is 10.8 Å². The van der Waals surface area contributed by atoms with Gasteiger partial charge in [-0.2, -0.15) is 5.10 Å². The Balaban J connectivity index is 2.16. The summed E-state index contributed by atoms with van der Waals surface area (Å²) in [7, 11) is 0. The summed E-state index contributed by atoms with van der Waals surface area (Å²) in [5.41, 5.74) is 9.93. The molecule has 0 saturated heterocycles. The van der Waals surface area contributed by atoms with E-state index in [0.717, 1.165) is 21.3 Å². The van der Waals surface area contributed by atoms with E-state index < -0.39 is 0 Å². The van der Waals surface area contributed by atoms with Crippen LogP contribution in [0.3, 0.4) is 0 Å². The Morgan fingerprint density at radius 3 is 2.30 bits per heavy atom. The van der Waals surface area contributed by atoms with Gasteiger partial charge in [0.05, 0.1) is 0 Å². The van der Waals surface area contributed by atoms with Crippen LogP contribution in [0.15, 0.2) is 28.7 Å². The third kappa shape index (κ3) is 1.67. The molecular formula is C16H20BrN3. The van der Waals surface area contributed by atoms with Crippen molar-refractivity contribution >= 4 is 21.7 Å². The van der Waals surface area contributed by atoms with Crippen LogP contribution in [0.25, 0.3) is 11.1 Å². The number of benzene rings is 1. The molecule has 3 nitrogen and oxygen atoms in total. The van der Waals surface area contributed by atoms with Crippen LogP contribution < -0.4 is 5.73 Å². The molecule has 0 atom stereocenters. The van der Waals surface area contributed by atoms with Crippen LogP contribution in [0.1, 0.15) is 39.3 Å². The number of nitrogens with zero attached hydrogens (tertiary/aromatic N) is 1. The lowest BCUT2D eigenvalue weighted by atomic mass is 9.99. The lowest BCUT2D eigenvalue weighted by Gasteiger charge is -2.08. The second-order valence-corrected chi connectivity index (χ2v) is 7.61. The fraction of sp³-hybridized carbons (Fsp3) is 0.438. The van der Waals surface area contributed by atoms with E-state index in [9.17, 15) is 0 Å². The summed E-state index contributed by atoms with van der Waals surface area (Å²) >= 11 is 3.62. The number of aromatic nitrogens is 2. The van der Waals surface area contributed by atoms with E-state index in [1.807, 2.05) is 18.2 Å². The number of nitrogens with two attached hydrogens (primary N) is 1. The van der Waals surface area contributed by atoms with Gasteiger partial charge in [0.2, 0.25) is 0 Å². The summed E-state index contributed by atoms with van der Waals surface area (Å²) in [6.07, 6.45) is 0. The van der Waals surface area contributed by atoms with Crippen molar-refractivity contribution in [2.75, 3.05) is 5.73 Å². The van der Waals surface area contributed by atoms with E-state index in [-0.39, 0.29) is 10.8 Å². The molecule has 1 heterocycles. The maximum absolute atomic E-state index is 6.12. The average molecular weight is 334 g/mol. The molecule has 0 radical (unpaired) electrons. The minimum atomic E-state index is 0.252. The fourth-order valence-electron chi connectivity index (χ4n) is 3.44. The van der Waals surface area contributed by atoms with Crippen molar-refractivity contribution < 1.29 is 0 Å². The Kier molecular flexibility index (Phi) is 2.81. The Morgan fingerprint density at radius 1 is 1.15 bits per heavy atom. The van der Waals surface area contributed by atoms with Gasteiger partial charge in [0.25, 0.3) is 0 Å². The topological polar surface area (TPSA) is 54.7 Å². The van der Waals surface area contributed by atoms with Crippen LogP contribution in [-0.4, -0.2) is 10.2 Å². The lowest BCUT2D eigenvalue weighted by Crippen LogP contribution is -1.95. The third-order valence-corrected chi connectivity index (χ3v) is 5.97. The van der Waals surface area contributed by atoms with Gasteiger partial charge in [-0.05, 0) is 16.9 Å². The summed E-state index contributed by atoms with van der Waals surface area (Å²) in [6.45, 7) is 9.22. The van der Waals surface area contributed by atoms with Gasteiger partial charge in [0.1, 0.15) is 0 Å². The first-order valence-electron chi connectivity index (χ1n) is 6.87. The van der Waals surface area contributed by atoms with Crippen LogP contribution in [0.5, 0.6) is 0 Å². The van der Waals surface area contributed by atoms with Crippen LogP contribution in [0, 0.1) is 10.8 Å². The minimum absolute atomic E-state index is 0.252. The van der Waals surface area contributed by atoms with Crippen molar-refractivity contribution in [3.05, 3.63) is 34.4 Å². The number of nitrogen functional groups attached to an aromatic ring is 1. The number of anilines is 1. The Hall–Kier alpha value is -1.29. The molecule has 2 aromatic rings. The van der Waals surface area contributed by atoms with Crippen molar-refractivity contribution in [3.8, 4) is 11.1 Å². The summed E-state index contributed by atoms with van der Waals surface area (Å²) in [4.78, 5) is 0. The molecule has 106 valence electrons. The van der Waals surface area contributed by atoms with Crippen molar-refractivity contribution in [2.45, 2.75) is 33.6 Å². The van der Waals surface area contributed by atoms with E-state index in [1.54, 1.807) is 0 Å². The van der Waals surface area contributed by atoms with Gasteiger partial charge in [-0.1, -0.05) is 61.8 Å². The normalized spacial score (nSPS) is 20.1. The van der Waals surface area contributed by atoms with E-state index in [1.165, 1.54) is 0 Å². The second-order valence-electron chi connectivity index (χ2n) is 6.75. The number of nitrogens with one attached hydrogen (secondary N) is 1. The van der Waals surface area contributed by atoms with Gasteiger partial charge >= 0.3 is 0 Å². The second kappa shape index (κ2) is 4.10. The predicted molar refractivity (Wildman–Crippen MR) is 86.4 cm³/mol. The maximum Gasteiger partial charge on any atom is 0.153 e. The maximum atomic E-state index is 6.12. The van der Waals surface area contributed by atoms with Gasteiger partial charge in [-0.25, -0.2) is 0 Å². The predicted octanol–water partition coefficient (Wildman–Crippen LogP) is 4.57. The van der Waals surface area contributed by atoms with Gasteiger partial charge in [-0.3, -0.25) is 5.10 Å². The summed E-state index contributed by atoms with van der Waals surface area (Å²) in [5.74, 6) is 1.02. The highest BCUT2D eigenvalue weighted by Gasteiger charge is 2.66. The van der Waals surface area contributed by atoms with Gasteiger partial charge in [0.15, 0.2) is 5.82 Å². The van der Waals surface area contributed by atoms with E-state index in [2.05, 4.69) is 59.9 Å². The standard InChI is InChI=1S/C16H20BrN3/c1-15(2)13(16(15,3)4)12-11(14(18)20-19-12)9-7-5-6-8-10(9)17/h5-8,13H,1-4H3,(H3,18,19,20). The highest BCUT2D eigenvalue weighted by molar-refractivity contribution is 9.10. The van der Waals surface area contributed by atoms with Crippen LogP contribution in [0.4, 0.5) is 5.82 Å². The first-order valence-corrected chi connectivity index (χ1v) is 7.66. The van der Waals surface area contributed by atoms with E-state index in [0.29, 0.717) is 11.7 Å².